The Bertz CT molecular complexity index is 720. The van der Waals surface area contributed by atoms with Crippen molar-refractivity contribution in [2.75, 3.05) is 0 Å². The van der Waals surface area contributed by atoms with E-state index < -0.39 is 8.07 Å². The maximum absolute atomic E-state index is 2.40. The Kier molecular flexibility index (Phi) is 2.53. The molecule has 3 rings (SSSR count). The second kappa shape index (κ2) is 3.96. The first-order valence-electron chi connectivity index (χ1n) is 6.47. The van der Waals surface area contributed by atoms with E-state index in [0.717, 1.165) is 0 Å². The molecule has 0 nitrogen and oxygen atoms in total. The molecule has 0 heterocycles. The van der Waals surface area contributed by atoms with Crippen molar-refractivity contribution in [1.82, 2.24) is 0 Å². The van der Waals surface area contributed by atoms with E-state index in [-0.39, 0.29) is 0 Å². The molecular formula is C17H18Si. The van der Waals surface area contributed by atoms with Crippen LogP contribution in [0.5, 0.6) is 0 Å². The van der Waals surface area contributed by atoms with Crippen LogP contribution in [0.25, 0.3) is 21.5 Å². The Morgan fingerprint density at radius 3 is 1.78 bits per heavy atom. The second-order valence-electron chi connectivity index (χ2n) is 6.01. The Hall–Kier alpha value is -1.60. The van der Waals surface area contributed by atoms with Crippen LogP contribution < -0.4 is 5.19 Å². The standard InChI is InChI=1S/C17H18Si/c1-18(2,3)17-9-8-15-10-13-6-4-5-7-14(13)11-16(15)12-17/h4-12H,1-3H3. The average Bonchev–Trinajstić information content (AvgIpc) is 2.34. The summed E-state index contributed by atoms with van der Waals surface area (Å²) in [4.78, 5) is 0. The highest BCUT2D eigenvalue weighted by Gasteiger charge is 2.16. The van der Waals surface area contributed by atoms with Crippen LogP contribution in [0.4, 0.5) is 0 Å². The number of hydrogen-bond donors (Lipinski definition) is 0. The van der Waals surface area contributed by atoms with Gasteiger partial charge in [0.2, 0.25) is 0 Å². The van der Waals surface area contributed by atoms with Crippen LogP contribution in [0.2, 0.25) is 19.6 Å². The maximum atomic E-state index is 2.40. The Balaban J connectivity index is 2.31. The topological polar surface area (TPSA) is 0 Å². The molecule has 0 aliphatic carbocycles. The summed E-state index contributed by atoms with van der Waals surface area (Å²) in [6.07, 6.45) is 0. The van der Waals surface area contributed by atoms with Gasteiger partial charge in [-0.15, -0.1) is 0 Å². The van der Waals surface area contributed by atoms with Crippen LogP contribution in [0.3, 0.4) is 0 Å². The van der Waals surface area contributed by atoms with Crippen LogP contribution >= 0.6 is 0 Å². The Labute approximate surface area is 109 Å². The molecule has 0 amide bonds. The zero-order valence-electron chi connectivity index (χ0n) is 11.2. The highest BCUT2D eigenvalue weighted by atomic mass is 28.3. The molecule has 0 aliphatic rings. The minimum Gasteiger partial charge on any atom is -0.0656 e. The van der Waals surface area contributed by atoms with E-state index in [1.54, 1.807) is 0 Å². The summed E-state index contributed by atoms with van der Waals surface area (Å²) in [5, 5.41) is 6.90. The van der Waals surface area contributed by atoms with Gasteiger partial charge in [0.15, 0.2) is 0 Å². The van der Waals surface area contributed by atoms with Gasteiger partial charge in [-0.2, -0.15) is 0 Å². The minimum absolute atomic E-state index is 1.22. The summed E-state index contributed by atoms with van der Waals surface area (Å²) >= 11 is 0. The van der Waals surface area contributed by atoms with E-state index in [1.807, 2.05) is 0 Å². The van der Waals surface area contributed by atoms with Crippen molar-refractivity contribution in [3.63, 3.8) is 0 Å². The van der Waals surface area contributed by atoms with Crippen LogP contribution in [0.1, 0.15) is 0 Å². The molecule has 0 aromatic heterocycles. The van der Waals surface area contributed by atoms with Gasteiger partial charge in [-0.05, 0) is 33.7 Å². The number of benzene rings is 3. The number of fused-ring (bicyclic) bond motifs is 2. The minimum atomic E-state index is -1.22. The average molecular weight is 250 g/mol. The van der Waals surface area contributed by atoms with Gasteiger partial charge in [-0.3, -0.25) is 0 Å². The lowest BCUT2D eigenvalue weighted by molar-refractivity contribution is 1.72. The van der Waals surface area contributed by atoms with Crippen molar-refractivity contribution in [3.05, 3.63) is 54.6 Å². The van der Waals surface area contributed by atoms with Crippen LogP contribution in [0.15, 0.2) is 54.6 Å². The van der Waals surface area contributed by atoms with Crippen molar-refractivity contribution in [2.24, 2.45) is 0 Å². The molecule has 0 spiro atoms. The summed E-state index contributed by atoms with van der Waals surface area (Å²) < 4.78 is 0. The van der Waals surface area contributed by atoms with Crippen LogP contribution in [-0.2, 0) is 0 Å². The van der Waals surface area contributed by atoms with E-state index in [0.29, 0.717) is 0 Å². The Morgan fingerprint density at radius 2 is 1.17 bits per heavy atom. The molecule has 1 heteroatoms. The first-order valence-corrected chi connectivity index (χ1v) is 9.97. The zero-order valence-corrected chi connectivity index (χ0v) is 12.2. The lowest BCUT2D eigenvalue weighted by atomic mass is 10.0. The summed E-state index contributed by atoms with van der Waals surface area (Å²) in [5.41, 5.74) is 0. The van der Waals surface area contributed by atoms with Crippen molar-refractivity contribution in [2.45, 2.75) is 19.6 Å². The van der Waals surface area contributed by atoms with Crippen molar-refractivity contribution in [3.8, 4) is 0 Å². The van der Waals surface area contributed by atoms with E-state index in [1.165, 1.54) is 26.7 Å². The van der Waals surface area contributed by atoms with Crippen molar-refractivity contribution >= 4 is 34.8 Å². The quantitative estimate of drug-likeness (QED) is 0.439. The summed E-state index contributed by atoms with van der Waals surface area (Å²) in [6.45, 7) is 7.19. The molecule has 0 bridgehead atoms. The monoisotopic (exact) mass is 250 g/mol. The van der Waals surface area contributed by atoms with Gasteiger partial charge in [0, 0.05) is 0 Å². The molecule has 3 aromatic rings. The first-order chi connectivity index (χ1) is 8.54. The fourth-order valence-electron chi connectivity index (χ4n) is 2.41. The van der Waals surface area contributed by atoms with E-state index >= 15 is 0 Å². The zero-order chi connectivity index (χ0) is 12.8. The summed E-state index contributed by atoms with van der Waals surface area (Å²) in [7, 11) is -1.22. The van der Waals surface area contributed by atoms with E-state index in [2.05, 4.69) is 74.2 Å². The molecule has 0 radical (unpaired) electrons. The fraction of sp³-hybridized carbons (Fsp3) is 0.176. The molecule has 0 aliphatic heterocycles. The van der Waals surface area contributed by atoms with Crippen molar-refractivity contribution in [1.29, 1.82) is 0 Å². The fourth-order valence-corrected chi connectivity index (χ4v) is 3.58. The highest BCUT2D eigenvalue weighted by Crippen LogP contribution is 2.22. The van der Waals surface area contributed by atoms with Gasteiger partial charge < -0.3 is 0 Å². The largest absolute Gasteiger partial charge is 0.0776 e. The molecule has 0 atom stereocenters. The number of rotatable bonds is 1. The number of hydrogen-bond acceptors (Lipinski definition) is 0. The molecule has 0 saturated heterocycles. The second-order valence-corrected chi connectivity index (χ2v) is 11.1. The van der Waals surface area contributed by atoms with Gasteiger partial charge in [0.25, 0.3) is 0 Å². The van der Waals surface area contributed by atoms with Gasteiger partial charge in [0.05, 0.1) is 8.07 Å². The SMILES string of the molecule is C[Si](C)(C)c1ccc2cc3ccccc3cc2c1. The summed E-state index contributed by atoms with van der Waals surface area (Å²) in [6, 6.07) is 20.2. The molecule has 90 valence electrons. The van der Waals surface area contributed by atoms with Gasteiger partial charge in [-0.1, -0.05) is 67.3 Å². The third-order valence-electron chi connectivity index (χ3n) is 3.57. The predicted molar refractivity (Wildman–Crippen MR) is 84.4 cm³/mol. The van der Waals surface area contributed by atoms with E-state index in [9.17, 15) is 0 Å². The first kappa shape index (κ1) is 11.5. The van der Waals surface area contributed by atoms with E-state index in [4.69, 9.17) is 0 Å². The van der Waals surface area contributed by atoms with Crippen LogP contribution in [0, 0.1) is 0 Å². The Morgan fingerprint density at radius 1 is 0.611 bits per heavy atom. The normalized spacial score (nSPS) is 12.2. The molecule has 3 aromatic carbocycles. The van der Waals surface area contributed by atoms with Gasteiger partial charge >= 0.3 is 0 Å². The van der Waals surface area contributed by atoms with Gasteiger partial charge in [0.1, 0.15) is 0 Å². The maximum Gasteiger partial charge on any atom is 0.0776 e. The van der Waals surface area contributed by atoms with Gasteiger partial charge in [-0.25, -0.2) is 0 Å². The predicted octanol–water partition coefficient (Wildman–Crippen LogP) is 4.54. The molecule has 0 N–H and O–H groups in total. The lowest BCUT2D eigenvalue weighted by Gasteiger charge is -2.17. The third-order valence-corrected chi connectivity index (χ3v) is 5.61. The molecular weight excluding hydrogens is 232 g/mol. The molecule has 18 heavy (non-hydrogen) atoms. The molecule has 0 saturated carbocycles. The highest BCUT2D eigenvalue weighted by molar-refractivity contribution is 6.88. The van der Waals surface area contributed by atoms with Crippen molar-refractivity contribution < 1.29 is 0 Å². The summed E-state index contributed by atoms with van der Waals surface area (Å²) in [5.74, 6) is 0. The smallest absolute Gasteiger partial charge is 0.0656 e. The lowest BCUT2D eigenvalue weighted by Crippen LogP contribution is -2.37. The van der Waals surface area contributed by atoms with Crippen LogP contribution in [-0.4, -0.2) is 8.07 Å². The third kappa shape index (κ3) is 1.95. The molecule has 0 unspecified atom stereocenters. The molecule has 0 fully saturated rings.